The Morgan fingerprint density at radius 3 is 2.64 bits per heavy atom. The number of thiazole rings is 1. The van der Waals surface area contributed by atoms with Crippen LogP contribution < -0.4 is 29.1 Å². The van der Waals surface area contributed by atoms with Gasteiger partial charge in [-0.1, -0.05) is 29.5 Å². The lowest BCUT2D eigenvalue weighted by atomic mass is 9.96. The number of allylic oxidation sites excluding steroid dienone is 1. The highest BCUT2D eigenvalue weighted by Crippen LogP contribution is 2.33. The Hall–Kier alpha value is -3.85. The molecule has 0 amide bonds. The van der Waals surface area contributed by atoms with E-state index in [4.69, 9.17) is 18.9 Å². The van der Waals surface area contributed by atoms with Gasteiger partial charge in [-0.15, -0.1) is 0 Å². The first-order valence-corrected chi connectivity index (χ1v) is 11.0. The van der Waals surface area contributed by atoms with E-state index in [0.717, 1.165) is 11.1 Å². The number of methoxy groups -OCH3 is 2. The quantitative estimate of drug-likeness (QED) is 0.550. The van der Waals surface area contributed by atoms with E-state index in [1.54, 1.807) is 36.8 Å². The lowest BCUT2D eigenvalue weighted by Gasteiger charge is -2.24. The van der Waals surface area contributed by atoms with Gasteiger partial charge in [-0.25, -0.2) is 9.79 Å². The molecule has 1 aromatic heterocycles. The second-order valence-electron chi connectivity index (χ2n) is 7.46. The van der Waals surface area contributed by atoms with Gasteiger partial charge in [0.1, 0.15) is 5.75 Å². The van der Waals surface area contributed by atoms with Crippen molar-refractivity contribution in [2.24, 2.45) is 4.99 Å². The van der Waals surface area contributed by atoms with E-state index in [-0.39, 0.29) is 12.4 Å². The van der Waals surface area contributed by atoms with Crippen LogP contribution in [0, 0.1) is 0 Å². The number of ether oxygens (including phenoxy) is 4. The van der Waals surface area contributed by atoms with Gasteiger partial charge in [0, 0.05) is 0 Å². The number of rotatable bonds is 4. The Labute approximate surface area is 192 Å². The molecule has 2 aromatic carbocycles. The van der Waals surface area contributed by atoms with E-state index in [0.29, 0.717) is 37.9 Å². The van der Waals surface area contributed by atoms with Gasteiger partial charge < -0.3 is 18.9 Å². The summed E-state index contributed by atoms with van der Waals surface area (Å²) in [6.45, 7) is 1.93. The van der Waals surface area contributed by atoms with Crippen molar-refractivity contribution in [3.63, 3.8) is 0 Å². The second-order valence-corrected chi connectivity index (χ2v) is 8.47. The summed E-state index contributed by atoms with van der Waals surface area (Å²) >= 11 is 1.27. The van der Waals surface area contributed by atoms with Crippen molar-refractivity contribution >= 4 is 23.4 Å². The summed E-state index contributed by atoms with van der Waals surface area (Å²) in [5, 5.41) is 0. The smallest absolute Gasteiger partial charge is 0.338 e. The molecule has 0 spiro atoms. The fourth-order valence-corrected chi connectivity index (χ4v) is 5.00. The third-order valence-corrected chi connectivity index (χ3v) is 6.54. The summed E-state index contributed by atoms with van der Waals surface area (Å²) in [7, 11) is 2.90. The minimum Gasteiger partial charge on any atom is -0.497 e. The number of aromatic nitrogens is 1. The molecule has 0 fully saturated rings. The maximum atomic E-state index is 13.5. The summed E-state index contributed by atoms with van der Waals surface area (Å²) < 4.78 is 23.1. The first-order chi connectivity index (χ1) is 16.0. The molecule has 33 heavy (non-hydrogen) atoms. The average molecular weight is 464 g/mol. The average Bonchev–Trinajstić information content (AvgIpc) is 3.41. The van der Waals surface area contributed by atoms with E-state index >= 15 is 0 Å². The Morgan fingerprint density at radius 2 is 1.91 bits per heavy atom. The summed E-state index contributed by atoms with van der Waals surface area (Å²) in [5.41, 5.74) is 2.14. The second kappa shape index (κ2) is 8.25. The first kappa shape index (κ1) is 21.0. The molecule has 9 heteroatoms. The SMILES string of the molecule is COC(=O)C1=C(C)N=c2sc(=Cc3ccc4c(c3)OCO4)c(=O)n2C1c1ccc(OC)cc1. The number of fused-ring (bicyclic) bond motifs is 2. The molecular weight excluding hydrogens is 444 g/mol. The molecule has 8 nitrogen and oxygen atoms in total. The number of esters is 1. The third kappa shape index (κ3) is 3.60. The molecule has 168 valence electrons. The molecule has 2 aliphatic rings. The molecule has 2 aliphatic heterocycles. The number of carbonyl (C=O) groups excluding carboxylic acids is 1. The van der Waals surface area contributed by atoms with Gasteiger partial charge in [0.2, 0.25) is 6.79 Å². The van der Waals surface area contributed by atoms with Crippen LogP contribution in [0.5, 0.6) is 17.2 Å². The van der Waals surface area contributed by atoms with Gasteiger partial charge in [0.25, 0.3) is 5.56 Å². The zero-order chi connectivity index (χ0) is 23.1. The molecule has 0 bridgehead atoms. The molecule has 0 radical (unpaired) electrons. The minimum absolute atomic E-state index is 0.179. The van der Waals surface area contributed by atoms with Crippen LogP contribution in [0.3, 0.4) is 0 Å². The van der Waals surface area contributed by atoms with Gasteiger partial charge in [-0.05, 0) is 48.4 Å². The molecule has 0 aliphatic carbocycles. The van der Waals surface area contributed by atoms with Gasteiger partial charge in [-0.2, -0.15) is 0 Å². The summed E-state index contributed by atoms with van der Waals surface area (Å²) in [4.78, 5) is 31.3. The monoisotopic (exact) mass is 464 g/mol. The molecule has 0 N–H and O–H groups in total. The van der Waals surface area contributed by atoms with Crippen LogP contribution in [0.2, 0.25) is 0 Å². The molecule has 0 saturated carbocycles. The largest absolute Gasteiger partial charge is 0.497 e. The van der Waals surface area contributed by atoms with Crippen molar-refractivity contribution < 1.29 is 23.7 Å². The van der Waals surface area contributed by atoms with Gasteiger partial charge in [-0.3, -0.25) is 9.36 Å². The molecule has 1 unspecified atom stereocenters. The van der Waals surface area contributed by atoms with Gasteiger partial charge in [0.05, 0.1) is 36.1 Å². The number of hydrogen-bond donors (Lipinski definition) is 0. The van der Waals surface area contributed by atoms with E-state index in [2.05, 4.69) is 4.99 Å². The lowest BCUT2D eigenvalue weighted by molar-refractivity contribution is -0.136. The first-order valence-electron chi connectivity index (χ1n) is 10.1. The van der Waals surface area contributed by atoms with Crippen molar-refractivity contribution in [2.45, 2.75) is 13.0 Å². The standard InChI is InChI=1S/C24H20N2O6S/c1-13-20(23(28)30-3)21(15-5-7-16(29-2)8-6-15)26-22(27)19(33-24(26)25-13)11-14-4-9-17-18(10-14)32-12-31-17/h4-11,21H,12H2,1-3H3. The lowest BCUT2D eigenvalue weighted by Crippen LogP contribution is -2.39. The van der Waals surface area contributed by atoms with Gasteiger partial charge in [0.15, 0.2) is 16.3 Å². The topological polar surface area (TPSA) is 88.4 Å². The Morgan fingerprint density at radius 1 is 1.15 bits per heavy atom. The zero-order valence-electron chi connectivity index (χ0n) is 18.2. The van der Waals surface area contributed by atoms with E-state index in [1.807, 2.05) is 30.3 Å². The summed E-state index contributed by atoms with van der Waals surface area (Å²) in [6.07, 6.45) is 1.79. The molecule has 5 rings (SSSR count). The molecule has 3 aromatic rings. The fourth-order valence-electron chi connectivity index (χ4n) is 3.95. The predicted octanol–water partition coefficient (Wildman–Crippen LogP) is 2.15. The van der Waals surface area contributed by atoms with Crippen LogP contribution in [0.1, 0.15) is 24.1 Å². The van der Waals surface area contributed by atoms with Crippen LogP contribution in [0.25, 0.3) is 6.08 Å². The van der Waals surface area contributed by atoms with Crippen molar-refractivity contribution in [3.05, 3.63) is 84.5 Å². The Kier molecular flexibility index (Phi) is 5.26. The van der Waals surface area contributed by atoms with Crippen molar-refractivity contribution in [3.8, 4) is 17.2 Å². The summed E-state index contributed by atoms with van der Waals surface area (Å²) in [6, 6.07) is 12.1. The molecular formula is C24H20N2O6S. The number of hydrogen-bond acceptors (Lipinski definition) is 8. The third-order valence-electron chi connectivity index (χ3n) is 5.55. The maximum absolute atomic E-state index is 13.5. The van der Waals surface area contributed by atoms with E-state index in [1.165, 1.54) is 18.4 Å². The van der Waals surface area contributed by atoms with Crippen molar-refractivity contribution in [1.29, 1.82) is 0 Å². The highest BCUT2D eigenvalue weighted by atomic mass is 32.1. The van der Waals surface area contributed by atoms with E-state index < -0.39 is 12.0 Å². The molecule has 0 saturated heterocycles. The highest BCUT2D eigenvalue weighted by Gasteiger charge is 2.33. The van der Waals surface area contributed by atoms with Crippen molar-refractivity contribution in [2.75, 3.05) is 21.0 Å². The highest BCUT2D eigenvalue weighted by molar-refractivity contribution is 7.07. The molecule has 3 heterocycles. The minimum atomic E-state index is -0.668. The Balaban J connectivity index is 1.69. The summed E-state index contributed by atoms with van der Waals surface area (Å²) in [5.74, 6) is 1.46. The maximum Gasteiger partial charge on any atom is 0.338 e. The van der Waals surface area contributed by atoms with Gasteiger partial charge >= 0.3 is 5.97 Å². The van der Waals surface area contributed by atoms with Crippen LogP contribution in [-0.2, 0) is 9.53 Å². The van der Waals surface area contributed by atoms with Crippen molar-refractivity contribution in [1.82, 2.24) is 4.57 Å². The van der Waals surface area contributed by atoms with Crippen LogP contribution in [0.15, 0.2) is 63.5 Å². The van der Waals surface area contributed by atoms with Crippen LogP contribution >= 0.6 is 11.3 Å². The predicted molar refractivity (Wildman–Crippen MR) is 121 cm³/mol. The number of carbonyl (C=O) groups is 1. The fraction of sp³-hybridized carbons (Fsp3) is 0.208. The Bertz CT molecular complexity index is 1470. The van der Waals surface area contributed by atoms with Crippen LogP contribution in [0.4, 0.5) is 0 Å². The van der Waals surface area contributed by atoms with E-state index in [9.17, 15) is 9.59 Å². The molecule has 1 atom stereocenters. The number of benzene rings is 2. The zero-order valence-corrected chi connectivity index (χ0v) is 19.0. The normalized spacial score (nSPS) is 16.9. The number of nitrogens with zero attached hydrogens (tertiary/aromatic N) is 2. The van der Waals surface area contributed by atoms with Crippen LogP contribution in [-0.4, -0.2) is 31.5 Å².